The van der Waals surface area contributed by atoms with E-state index in [1.54, 1.807) is 24.4 Å². The van der Waals surface area contributed by atoms with Crippen LogP contribution >= 0.6 is 11.6 Å². The first-order valence-corrected chi connectivity index (χ1v) is 12.9. The molecule has 2 aromatic carbocycles. The standard InChI is InChI=1S/C29H29ClN6O3/c1-36-12-4-6-20(36)8-10-28(38)35-25-14-21-24(15-26(25)37)33-16-23(31)29(21)34-18-7-9-27(22(30)13-18)39-17-19-5-2-3-11-32-19/h2-3,5,7-11,13-16,20,37H,4,6,12,17,31H2,1H3,(H,33,34)(H,35,38)/b10-8+/t20-/m1/s1. The van der Waals surface area contributed by atoms with Gasteiger partial charge in [0.05, 0.1) is 39.5 Å². The molecular formula is C29H29ClN6O3. The van der Waals surface area contributed by atoms with Gasteiger partial charge in [-0.25, -0.2) is 0 Å². The van der Waals surface area contributed by atoms with Gasteiger partial charge >= 0.3 is 0 Å². The predicted octanol–water partition coefficient (Wildman–Crippen LogP) is 5.48. The number of nitrogens with two attached hydrogens (primary N) is 1. The third-order valence-corrected chi connectivity index (χ3v) is 6.92. The highest BCUT2D eigenvalue weighted by atomic mass is 35.5. The van der Waals surface area contributed by atoms with E-state index in [0.29, 0.717) is 45.3 Å². The number of ether oxygens (including phenoxy) is 1. The SMILES string of the molecule is CN1CCC[C@@H]1/C=C/C(=O)Nc1cc2c(Nc3ccc(OCc4ccccn4)c(Cl)c3)c(N)cnc2cc1O. The molecule has 5 N–H and O–H groups in total. The molecule has 1 amide bonds. The van der Waals surface area contributed by atoms with Crippen molar-refractivity contribution in [3.63, 3.8) is 0 Å². The van der Waals surface area contributed by atoms with Crippen LogP contribution in [0.4, 0.5) is 22.7 Å². The molecule has 2 aromatic heterocycles. The van der Waals surface area contributed by atoms with Gasteiger partial charge in [0.1, 0.15) is 18.1 Å². The summed E-state index contributed by atoms with van der Waals surface area (Å²) in [4.78, 5) is 23.4. The first-order chi connectivity index (χ1) is 18.9. The molecule has 0 radical (unpaired) electrons. The molecule has 39 heavy (non-hydrogen) atoms. The van der Waals surface area contributed by atoms with Crippen LogP contribution in [0.2, 0.25) is 5.02 Å². The second-order valence-corrected chi connectivity index (χ2v) is 9.80. The summed E-state index contributed by atoms with van der Waals surface area (Å²) in [6.45, 7) is 1.30. The number of hydrogen-bond acceptors (Lipinski definition) is 8. The molecule has 10 heteroatoms. The number of carbonyl (C=O) groups is 1. The van der Waals surface area contributed by atoms with E-state index in [2.05, 4.69) is 25.5 Å². The van der Waals surface area contributed by atoms with Crippen molar-refractivity contribution in [3.05, 3.63) is 83.8 Å². The van der Waals surface area contributed by atoms with E-state index >= 15 is 0 Å². The molecule has 0 saturated carbocycles. The summed E-state index contributed by atoms with van der Waals surface area (Å²) in [5, 5.41) is 17.6. The van der Waals surface area contributed by atoms with Crippen molar-refractivity contribution in [1.29, 1.82) is 0 Å². The number of rotatable bonds is 8. The number of nitrogens with zero attached hydrogens (tertiary/aromatic N) is 3. The number of anilines is 4. The number of phenols is 1. The number of nitrogens with one attached hydrogen (secondary N) is 2. The molecule has 0 spiro atoms. The maximum atomic E-state index is 12.6. The molecule has 0 bridgehead atoms. The summed E-state index contributed by atoms with van der Waals surface area (Å²) < 4.78 is 5.81. The zero-order valence-electron chi connectivity index (χ0n) is 21.4. The van der Waals surface area contributed by atoms with Crippen LogP contribution in [-0.4, -0.2) is 45.5 Å². The Kier molecular flexibility index (Phi) is 7.81. The van der Waals surface area contributed by atoms with Crippen molar-refractivity contribution in [1.82, 2.24) is 14.9 Å². The van der Waals surface area contributed by atoms with Crippen LogP contribution in [0.3, 0.4) is 0 Å². The zero-order chi connectivity index (χ0) is 27.4. The topological polar surface area (TPSA) is 126 Å². The monoisotopic (exact) mass is 544 g/mol. The van der Waals surface area contributed by atoms with Crippen LogP contribution < -0.4 is 21.1 Å². The number of pyridine rings is 2. The summed E-state index contributed by atoms with van der Waals surface area (Å²) >= 11 is 6.49. The molecule has 1 fully saturated rings. The third kappa shape index (κ3) is 6.22. The average molecular weight is 545 g/mol. The second kappa shape index (κ2) is 11.6. The second-order valence-electron chi connectivity index (χ2n) is 9.39. The number of aromatic nitrogens is 2. The van der Waals surface area contributed by atoms with Crippen LogP contribution in [0.25, 0.3) is 10.9 Å². The molecule has 1 saturated heterocycles. The number of nitrogen functional groups attached to an aromatic ring is 1. The van der Waals surface area contributed by atoms with Gasteiger partial charge in [-0.1, -0.05) is 23.7 Å². The molecule has 200 valence electrons. The quantitative estimate of drug-likeness (QED) is 0.170. The number of phenolic OH excluding ortho intramolecular Hbond substituents is 1. The van der Waals surface area contributed by atoms with Gasteiger partial charge in [-0.2, -0.15) is 0 Å². The number of benzene rings is 2. The molecule has 0 unspecified atom stereocenters. The van der Waals surface area contributed by atoms with Crippen molar-refractivity contribution >= 4 is 51.2 Å². The fourth-order valence-corrected chi connectivity index (χ4v) is 4.75. The van der Waals surface area contributed by atoms with Gasteiger partial charge in [-0.3, -0.25) is 19.7 Å². The Balaban J connectivity index is 1.35. The lowest BCUT2D eigenvalue weighted by Gasteiger charge is -2.16. The van der Waals surface area contributed by atoms with Crippen molar-refractivity contribution in [2.45, 2.75) is 25.5 Å². The van der Waals surface area contributed by atoms with Gasteiger partial charge in [0.2, 0.25) is 5.91 Å². The van der Waals surface area contributed by atoms with E-state index in [1.807, 2.05) is 37.4 Å². The first-order valence-electron chi connectivity index (χ1n) is 12.6. The predicted molar refractivity (Wildman–Crippen MR) is 155 cm³/mol. The Hall–Kier alpha value is -4.34. The van der Waals surface area contributed by atoms with E-state index < -0.39 is 0 Å². The summed E-state index contributed by atoms with van der Waals surface area (Å²) in [5.41, 5.74) is 9.46. The normalized spacial score (nSPS) is 15.6. The van der Waals surface area contributed by atoms with Gasteiger partial charge < -0.3 is 26.2 Å². The number of halogens is 1. The Morgan fingerprint density at radius 3 is 2.87 bits per heavy atom. The first kappa shape index (κ1) is 26.3. The van der Waals surface area contributed by atoms with E-state index in [4.69, 9.17) is 22.1 Å². The molecule has 4 aromatic rings. The molecule has 5 rings (SSSR count). The molecule has 1 aliphatic heterocycles. The highest BCUT2D eigenvalue weighted by Crippen LogP contribution is 2.38. The van der Waals surface area contributed by atoms with E-state index in [0.717, 1.165) is 25.1 Å². The molecule has 1 aliphatic rings. The van der Waals surface area contributed by atoms with Crippen LogP contribution in [0.15, 0.2) is 73.1 Å². The van der Waals surface area contributed by atoms with Crippen LogP contribution in [0, 0.1) is 0 Å². The van der Waals surface area contributed by atoms with Crippen LogP contribution in [0.1, 0.15) is 18.5 Å². The summed E-state index contributed by atoms with van der Waals surface area (Å²) in [7, 11) is 2.04. The van der Waals surface area contributed by atoms with Crippen molar-refractivity contribution in [2.24, 2.45) is 0 Å². The number of amides is 1. The lowest BCUT2D eigenvalue weighted by molar-refractivity contribution is -0.112. The van der Waals surface area contributed by atoms with Crippen molar-refractivity contribution in [2.75, 3.05) is 30.0 Å². The van der Waals surface area contributed by atoms with E-state index in [1.165, 1.54) is 18.3 Å². The number of likely N-dealkylation sites (N-methyl/N-ethyl adjacent to an activating group) is 1. The minimum atomic E-state index is -0.329. The molecule has 0 aliphatic carbocycles. The van der Waals surface area contributed by atoms with Gasteiger partial charge in [0.25, 0.3) is 0 Å². The fraction of sp³-hybridized carbons (Fsp3) is 0.207. The lowest BCUT2D eigenvalue weighted by Crippen LogP contribution is -2.23. The van der Waals surface area contributed by atoms with E-state index in [9.17, 15) is 9.90 Å². The van der Waals surface area contributed by atoms with Gasteiger partial charge in [0, 0.05) is 35.5 Å². The average Bonchev–Trinajstić information content (AvgIpc) is 3.34. The maximum Gasteiger partial charge on any atom is 0.248 e. The smallest absolute Gasteiger partial charge is 0.248 e. The highest BCUT2D eigenvalue weighted by molar-refractivity contribution is 6.32. The minimum Gasteiger partial charge on any atom is -0.506 e. The molecule has 9 nitrogen and oxygen atoms in total. The highest BCUT2D eigenvalue weighted by Gasteiger charge is 2.18. The van der Waals surface area contributed by atoms with E-state index in [-0.39, 0.29) is 23.4 Å². The number of likely N-dealkylation sites (tertiary alicyclic amines) is 1. The molecular weight excluding hydrogens is 516 g/mol. The Morgan fingerprint density at radius 1 is 1.26 bits per heavy atom. The summed E-state index contributed by atoms with van der Waals surface area (Å²) in [5.74, 6) is 0.0968. The molecule has 1 atom stereocenters. The fourth-order valence-electron chi connectivity index (χ4n) is 4.51. The third-order valence-electron chi connectivity index (χ3n) is 6.62. The molecule has 3 heterocycles. The van der Waals surface area contributed by atoms with Crippen LogP contribution in [-0.2, 0) is 11.4 Å². The summed E-state index contributed by atoms with van der Waals surface area (Å²) in [6.07, 6.45) is 8.74. The van der Waals surface area contributed by atoms with Crippen molar-refractivity contribution < 1.29 is 14.6 Å². The Labute approximate surface area is 231 Å². The minimum absolute atomic E-state index is 0.0945. The number of carbonyl (C=O) groups excluding carboxylic acids is 1. The van der Waals surface area contributed by atoms with Gasteiger partial charge in [-0.15, -0.1) is 0 Å². The van der Waals surface area contributed by atoms with Gasteiger partial charge in [0.15, 0.2) is 0 Å². The lowest BCUT2D eigenvalue weighted by atomic mass is 10.1. The largest absolute Gasteiger partial charge is 0.506 e. The Bertz CT molecular complexity index is 1530. The number of hydrogen-bond donors (Lipinski definition) is 4. The zero-order valence-corrected chi connectivity index (χ0v) is 22.2. The summed E-state index contributed by atoms with van der Waals surface area (Å²) in [6, 6.07) is 14.3. The number of aromatic hydroxyl groups is 1. The number of fused-ring (bicyclic) bond motifs is 1. The van der Waals surface area contributed by atoms with Gasteiger partial charge in [-0.05, 0) is 62.8 Å². The Morgan fingerprint density at radius 2 is 2.13 bits per heavy atom. The maximum absolute atomic E-state index is 12.6. The van der Waals surface area contributed by atoms with Crippen LogP contribution in [0.5, 0.6) is 11.5 Å². The van der Waals surface area contributed by atoms with Crippen molar-refractivity contribution in [3.8, 4) is 11.5 Å².